The minimum Gasteiger partial charge on any atom is -0.493 e. The van der Waals surface area contributed by atoms with Gasteiger partial charge in [-0.2, -0.15) is 0 Å². The molecule has 0 fully saturated rings. The molecule has 0 saturated carbocycles. The minimum atomic E-state index is -1.15. The molecule has 20 heavy (non-hydrogen) atoms. The summed E-state index contributed by atoms with van der Waals surface area (Å²) >= 11 is 0. The van der Waals surface area contributed by atoms with E-state index < -0.39 is 11.5 Å². The van der Waals surface area contributed by atoms with Crippen molar-refractivity contribution in [3.05, 3.63) is 46.2 Å². The molecule has 2 aromatic rings. The van der Waals surface area contributed by atoms with Crippen LogP contribution in [0.4, 0.5) is 0 Å². The van der Waals surface area contributed by atoms with Gasteiger partial charge in [0.05, 0.1) is 19.8 Å². The van der Waals surface area contributed by atoms with E-state index in [1.54, 1.807) is 18.2 Å². The average molecular weight is 275 g/mol. The highest BCUT2D eigenvalue weighted by atomic mass is 16.5. The van der Waals surface area contributed by atoms with Crippen molar-refractivity contribution >= 4 is 5.97 Å². The highest BCUT2D eigenvalue weighted by Crippen LogP contribution is 2.31. The maximum Gasteiger partial charge on any atom is 0.335 e. The molecule has 0 aliphatic carbocycles. The van der Waals surface area contributed by atoms with Crippen LogP contribution in [0.1, 0.15) is 10.4 Å². The summed E-state index contributed by atoms with van der Waals surface area (Å²) in [7, 11) is 3.02. The van der Waals surface area contributed by atoms with E-state index in [9.17, 15) is 9.59 Å². The van der Waals surface area contributed by atoms with Gasteiger partial charge < -0.3 is 19.6 Å². The molecule has 2 rings (SSSR count). The predicted molar refractivity (Wildman–Crippen MR) is 72.6 cm³/mol. The van der Waals surface area contributed by atoms with E-state index in [1.807, 2.05) is 0 Å². The van der Waals surface area contributed by atoms with E-state index in [1.165, 1.54) is 20.3 Å². The standard InChI is InChI=1S/C14H13NO5/c1-19-11-4-3-8(6-12(11)20-2)10-5-9(14(17)18)7-13(16)15-10/h3-7H,1-2H3,(H,15,16)(H,17,18). The van der Waals surface area contributed by atoms with Crippen molar-refractivity contribution in [3.63, 3.8) is 0 Å². The topological polar surface area (TPSA) is 88.6 Å². The predicted octanol–water partition coefficient (Wildman–Crippen LogP) is 1.76. The maximum absolute atomic E-state index is 11.5. The van der Waals surface area contributed by atoms with Gasteiger partial charge in [-0.3, -0.25) is 4.79 Å². The lowest BCUT2D eigenvalue weighted by molar-refractivity contribution is 0.0696. The second kappa shape index (κ2) is 5.48. The van der Waals surface area contributed by atoms with E-state index in [4.69, 9.17) is 14.6 Å². The van der Waals surface area contributed by atoms with Crippen LogP contribution in [0.3, 0.4) is 0 Å². The van der Waals surface area contributed by atoms with Crippen LogP contribution in [0.5, 0.6) is 11.5 Å². The zero-order valence-corrected chi connectivity index (χ0v) is 11.0. The second-order valence-corrected chi connectivity index (χ2v) is 4.02. The molecule has 0 unspecified atom stereocenters. The third-order valence-corrected chi connectivity index (χ3v) is 2.79. The Hall–Kier alpha value is -2.76. The normalized spacial score (nSPS) is 10.1. The third-order valence-electron chi connectivity index (χ3n) is 2.79. The van der Waals surface area contributed by atoms with E-state index >= 15 is 0 Å². The Bertz CT molecular complexity index is 705. The molecule has 104 valence electrons. The smallest absolute Gasteiger partial charge is 0.335 e. The molecule has 0 aliphatic rings. The number of nitrogens with one attached hydrogen (secondary N) is 1. The first-order valence-electron chi connectivity index (χ1n) is 5.75. The molecule has 1 aromatic carbocycles. The number of hydrogen-bond donors (Lipinski definition) is 2. The summed E-state index contributed by atoms with van der Waals surface area (Å²) < 4.78 is 10.3. The van der Waals surface area contributed by atoms with Gasteiger partial charge in [-0.25, -0.2) is 4.79 Å². The molecule has 0 atom stereocenters. The Kier molecular flexibility index (Phi) is 3.74. The Morgan fingerprint density at radius 3 is 2.40 bits per heavy atom. The van der Waals surface area contributed by atoms with Crippen LogP contribution in [0.25, 0.3) is 11.3 Å². The van der Waals surface area contributed by atoms with Crippen molar-refractivity contribution in [2.45, 2.75) is 0 Å². The van der Waals surface area contributed by atoms with Crippen LogP contribution < -0.4 is 15.0 Å². The summed E-state index contributed by atoms with van der Waals surface area (Å²) in [5.41, 5.74) is 0.479. The first kappa shape index (κ1) is 13.7. The summed E-state index contributed by atoms with van der Waals surface area (Å²) in [6.07, 6.45) is 0. The van der Waals surface area contributed by atoms with E-state index in [-0.39, 0.29) is 5.56 Å². The van der Waals surface area contributed by atoms with Crippen LogP contribution in [-0.2, 0) is 0 Å². The van der Waals surface area contributed by atoms with E-state index in [0.717, 1.165) is 6.07 Å². The number of aromatic nitrogens is 1. The zero-order chi connectivity index (χ0) is 14.7. The van der Waals surface area contributed by atoms with Gasteiger partial charge in [0.15, 0.2) is 11.5 Å². The quantitative estimate of drug-likeness (QED) is 0.887. The summed E-state index contributed by atoms with van der Waals surface area (Å²) in [5, 5.41) is 8.97. The van der Waals surface area contributed by atoms with Crippen LogP contribution >= 0.6 is 0 Å². The van der Waals surface area contributed by atoms with Gasteiger partial charge >= 0.3 is 5.97 Å². The molecule has 2 N–H and O–H groups in total. The molecular weight excluding hydrogens is 262 g/mol. The van der Waals surface area contributed by atoms with Crippen LogP contribution in [0, 0.1) is 0 Å². The van der Waals surface area contributed by atoms with Crippen LogP contribution in [0.2, 0.25) is 0 Å². The Morgan fingerprint density at radius 1 is 1.10 bits per heavy atom. The van der Waals surface area contributed by atoms with Crippen molar-refractivity contribution < 1.29 is 19.4 Å². The number of carbonyl (C=O) groups is 1. The summed E-state index contributed by atoms with van der Waals surface area (Å²) in [5.74, 6) is -0.114. The second-order valence-electron chi connectivity index (χ2n) is 4.02. The SMILES string of the molecule is COc1ccc(-c2cc(C(=O)O)cc(=O)[nH]2)cc1OC. The number of ether oxygens (including phenoxy) is 2. The lowest BCUT2D eigenvalue weighted by Gasteiger charge is -2.09. The number of methoxy groups -OCH3 is 2. The number of aromatic amines is 1. The molecule has 1 heterocycles. The molecule has 0 amide bonds. The highest BCUT2D eigenvalue weighted by Gasteiger charge is 2.10. The molecule has 0 saturated heterocycles. The number of hydrogen-bond acceptors (Lipinski definition) is 4. The van der Waals surface area contributed by atoms with Gasteiger partial charge in [0.2, 0.25) is 5.56 Å². The highest BCUT2D eigenvalue weighted by molar-refractivity contribution is 5.88. The maximum atomic E-state index is 11.5. The fourth-order valence-corrected chi connectivity index (χ4v) is 1.83. The van der Waals surface area contributed by atoms with Crippen molar-refractivity contribution in [2.75, 3.05) is 14.2 Å². The van der Waals surface area contributed by atoms with E-state index in [0.29, 0.717) is 22.8 Å². The first-order chi connectivity index (χ1) is 9.55. The molecule has 0 bridgehead atoms. The first-order valence-corrected chi connectivity index (χ1v) is 5.75. The van der Waals surface area contributed by atoms with Crippen LogP contribution in [0.15, 0.2) is 35.1 Å². The monoisotopic (exact) mass is 275 g/mol. The van der Waals surface area contributed by atoms with Crippen molar-refractivity contribution in [1.82, 2.24) is 4.98 Å². The molecule has 0 spiro atoms. The van der Waals surface area contributed by atoms with Gasteiger partial charge in [-0.15, -0.1) is 0 Å². The largest absolute Gasteiger partial charge is 0.493 e. The number of carboxylic acids is 1. The van der Waals surface area contributed by atoms with Gasteiger partial charge in [0.25, 0.3) is 0 Å². The third kappa shape index (κ3) is 2.64. The molecular formula is C14H13NO5. The fraction of sp³-hybridized carbons (Fsp3) is 0.143. The molecule has 1 aromatic heterocycles. The lowest BCUT2D eigenvalue weighted by atomic mass is 10.1. The van der Waals surface area contributed by atoms with Crippen molar-refractivity contribution in [1.29, 1.82) is 0 Å². The number of pyridine rings is 1. The Morgan fingerprint density at radius 2 is 1.80 bits per heavy atom. The van der Waals surface area contributed by atoms with Gasteiger partial charge in [-0.05, 0) is 24.3 Å². The number of H-pyrrole nitrogens is 1. The number of rotatable bonds is 4. The van der Waals surface area contributed by atoms with E-state index in [2.05, 4.69) is 4.98 Å². The van der Waals surface area contributed by atoms with Gasteiger partial charge in [-0.1, -0.05) is 0 Å². The zero-order valence-electron chi connectivity index (χ0n) is 11.0. The average Bonchev–Trinajstić information content (AvgIpc) is 2.45. The number of carboxylic acid groups (broad SMARTS) is 1. The summed E-state index contributed by atoms with van der Waals surface area (Å²) in [6, 6.07) is 7.48. The molecule has 6 heteroatoms. The summed E-state index contributed by atoms with van der Waals surface area (Å²) in [6.45, 7) is 0. The Labute approximate surface area is 114 Å². The van der Waals surface area contributed by atoms with Crippen molar-refractivity contribution in [2.24, 2.45) is 0 Å². The molecule has 0 aliphatic heterocycles. The van der Waals surface area contributed by atoms with Gasteiger partial charge in [0.1, 0.15) is 0 Å². The molecule has 0 radical (unpaired) electrons. The minimum absolute atomic E-state index is 0.0708. The molecule has 6 nitrogen and oxygen atoms in total. The summed E-state index contributed by atoms with van der Waals surface area (Å²) in [4.78, 5) is 25.0. The Balaban J connectivity index is 2.56. The number of aromatic carboxylic acids is 1. The number of benzene rings is 1. The lowest BCUT2D eigenvalue weighted by Crippen LogP contribution is -2.10. The van der Waals surface area contributed by atoms with Crippen LogP contribution in [-0.4, -0.2) is 30.3 Å². The van der Waals surface area contributed by atoms with Gasteiger partial charge in [0, 0.05) is 17.3 Å². The fourth-order valence-electron chi connectivity index (χ4n) is 1.83. The van der Waals surface area contributed by atoms with Crippen molar-refractivity contribution in [3.8, 4) is 22.8 Å².